The summed E-state index contributed by atoms with van der Waals surface area (Å²) in [5, 5.41) is 3.14. The van der Waals surface area contributed by atoms with Gasteiger partial charge in [0.25, 0.3) is 0 Å². The van der Waals surface area contributed by atoms with Crippen molar-refractivity contribution < 1.29 is 9.59 Å². The van der Waals surface area contributed by atoms with Gasteiger partial charge in [0.2, 0.25) is 11.8 Å². The van der Waals surface area contributed by atoms with Crippen molar-refractivity contribution in [2.24, 2.45) is 10.8 Å². The van der Waals surface area contributed by atoms with E-state index >= 15 is 0 Å². The monoisotopic (exact) mass is 291 g/mol. The Balaban J connectivity index is 2.06. The van der Waals surface area contributed by atoms with Gasteiger partial charge in [-0.3, -0.25) is 14.9 Å². The average molecular weight is 292 g/mol. The summed E-state index contributed by atoms with van der Waals surface area (Å²) >= 11 is 5.93. The van der Waals surface area contributed by atoms with Gasteiger partial charge in [0.1, 0.15) is 0 Å². The number of hydrogen-bond donors (Lipinski definition) is 1. The molecular weight excluding hydrogens is 274 g/mol. The summed E-state index contributed by atoms with van der Waals surface area (Å²) in [5.74, 6) is -0.625. The molecule has 0 bridgehead atoms. The number of carbonyl (C=O) groups excluding carboxylic acids is 2. The molecule has 2 atom stereocenters. The normalized spacial score (nSPS) is 31.9. The number of amides is 2. The molecule has 1 N–H and O–H groups in total. The molecule has 4 heteroatoms. The van der Waals surface area contributed by atoms with E-state index in [1.807, 2.05) is 12.1 Å². The van der Waals surface area contributed by atoms with E-state index in [-0.39, 0.29) is 28.6 Å². The van der Waals surface area contributed by atoms with Crippen LogP contribution in [0, 0.1) is 10.8 Å². The lowest BCUT2D eigenvalue weighted by Crippen LogP contribution is -2.52. The van der Waals surface area contributed by atoms with E-state index in [9.17, 15) is 9.59 Å². The Hall–Kier alpha value is -1.35. The fourth-order valence-electron chi connectivity index (χ4n) is 3.47. The lowest BCUT2D eigenvalue weighted by molar-refractivity contribution is -0.142. The molecule has 1 aromatic rings. The van der Waals surface area contributed by atoms with Gasteiger partial charge >= 0.3 is 0 Å². The minimum Gasteiger partial charge on any atom is -0.296 e. The van der Waals surface area contributed by atoms with Crippen LogP contribution < -0.4 is 5.32 Å². The van der Waals surface area contributed by atoms with Crippen LogP contribution in [0.4, 0.5) is 0 Å². The van der Waals surface area contributed by atoms with Crippen LogP contribution in [0.15, 0.2) is 24.3 Å². The number of benzene rings is 1. The summed E-state index contributed by atoms with van der Waals surface area (Å²) in [4.78, 5) is 24.3. The van der Waals surface area contributed by atoms with E-state index in [0.29, 0.717) is 11.4 Å². The molecule has 1 aliphatic carbocycles. The van der Waals surface area contributed by atoms with E-state index < -0.39 is 0 Å². The van der Waals surface area contributed by atoms with Crippen molar-refractivity contribution in [2.45, 2.75) is 39.0 Å². The first-order valence-electron chi connectivity index (χ1n) is 6.95. The highest BCUT2D eigenvalue weighted by Crippen LogP contribution is 2.65. The van der Waals surface area contributed by atoms with E-state index in [1.54, 1.807) is 12.1 Å². The summed E-state index contributed by atoms with van der Waals surface area (Å²) < 4.78 is 0. The lowest BCUT2D eigenvalue weighted by Gasteiger charge is -2.45. The molecule has 1 saturated heterocycles. The van der Waals surface area contributed by atoms with Gasteiger partial charge in [-0.1, -0.05) is 37.6 Å². The van der Waals surface area contributed by atoms with Gasteiger partial charge in [0, 0.05) is 11.4 Å². The van der Waals surface area contributed by atoms with Crippen molar-refractivity contribution in [3.05, 3.63) is 34.9 Å². The summed E-state index contributed by atoms with van der Waals surface area (Å²) in [6.07, 6.45) is 2.56. The topological polar surface area (TPSA) is 46.2 Å². The first kappa shape index (κ1) is 13.6. The zero-order chi connectivity index (χ0) is 14.5. The predicted molar refractivity (Wildman–Crippen MR) is 77.4 cm³/mol. The Morgan fingerprint density at radius 3 is 2.30 bits per heavy atom. The number of imide groups is 1. The first-order chi connectivity index (χ1) is 9.36. The van der Waals surface area contributed by atoms with E-state index in [0.717, 1.165) is 18.4 Å². The molecule has 3 nitrogen and oxygen atoms in total. The maximum Gasteiger partial charge on any atom is 0.234 e. The van der Waals surface area contributed by atoms with Crippen molar-refractivity contribution in [1.82, 2.24) is 5.32 Å². The van der Waals surface area contributed by atoms with Gasteiger partial charge in [-0.2, -0.15) is 0 Å². The second-order valence-corrected chi connectivity index (χ2v) is 6.99. The minimum absolute atomic E-state index is 0.0741. The second-order valence-electron chi connectivity index (χ2n) is 6.55. The number of piperidine rings is 1. The van der Waals surface area contributed by atoms with Crippen molar-refractivity contribution in [1.29, 1.82) is 0 Å². The SMILES string of the molecule is CC1(C2(C)CC(=O)NC(=O)C2c2ccc(Cl)cc2)CC1. The third kappa shape index (κ3) is 1.96. The van der Waals surface area contributed by atoms with Crippen molar-refractivity contribution in [3.8, 4) is 0 Å². The van der Waals surface area contributed by atoms with Gasteiger partial charge < -0.3 is 0 Å². The Labute approximate surface area is 123 Å². The highest BCUT2D eigenvalue weighted by Gasteiger charge is 2.61. The predicted octanol–water partition coefficient (Wildman–Crippen LogP) is 3.28. The van der Waals surface area contributed by atoms with E-state index in [4.69, 9.17) is 11.6 Å². The van der Waals surface area contributed by atoms with Crippen LogP contribution in [0.2, 0.25) is 5.02 Å². The third-order valence-corrected chi connectivity index (χ3v) is 5.52. The quantitative estimate of drug-likeness (QED) is 0.850. The van der Waals surface area contributed by atoms with E-state index in [1.165, 1.54) is 0 Å². The van der Waals surface area contributed by atoms with Gasteiger partial charge in [0.15, 0.2) is 0 Å². The summed E-state index contributed by atoms with van der Waals surface area (Å²) in [5.41, 5.74) is 0.695. The molecule has 1 heterocycles. The van der Waals surface area contributed by atoms with Gasteiger partial charge in [-0.25, -0.2) is 0 Å². The maximum absolute atomic E-state index is 12.4. The largest absolute Gasteiger partial charge is 0.296 e. The summed E-state index contributed by atoms with van der Waals surface area (Å²) in [7, 11) is 0. The first-order valence-corrected chi connectivity index (χ1v) is 7.33. The van der Waals surface area contributed by atoms with Crippen LogP contribution in [-0.2, 0) is 9.59 Å². The molecule has 1 saturated carbocycles. The number of halogens is 1. The fraction of sp³-hybridized carbons (Fsp3) is 0.500. The molecule has 0 spiro atoms. The van der Waals surface area contributed by atoms with Crippen LogP contribution in [0.5, 0.6) is 0 Å². The number of nitrogens with one attached hydrogen (secondary N) is 1. The van der Waals surface area contributed by atoms with Crippen LogP contribution in [0.25, 0.3) is 0 Å². The molecule has 3 rings (SSSR count). The third-order valence-electron chi connectivity index (χ3n) is 5.27. The fourth-order valence-corrected chi connectivity index (χ4v) is 3.60. The highest BCUT2D eigenvalue weighted by molar-refractivity contribution is 6.30. The van der Waals surface area contributed by atoms with Crippen LogP contribution in [0.3, 0.4) is 0 Å². The number of rotatable bonds is 2. The van der Waals surface area contributed by atoms with Gasteiger partial charge in [-0.05, 0) is 41.4 Å². The van der Waals surface area contributed by atoms with Crippen molar-refractivity contribution in [2.75, 3.05) is 0 Å². The van der Waals surface area contributed by atoms with Crippen molar-refractivity contribution >= 4 is 23.4 Å². The molecule has 106 valence electrons. The molecule has 0 aromatic heterocycles. The standard InChI is InChI=1S/C16H18ClNO2/c1-15(7-8-15)16(2)9-12(19)18-14(20)13(16)10-3-5-11(17)6-4-10/h3-6,13H,7-9H2,1-2H3,(H,18,19,20). The molecule has 2 unspecified atom stereocenters. The molecule has 2 amide bonds. The Morgan fingerprint density at radius 1 is 1.15 bits per heavy atom. The Kier molecular flexibility index (Phi) is 2.94. The molecule has 1 aromatic carbocycles. The smallest absolute Gasteiger partial charge is 0.234 e. The lowest BCUT2D eigenvalue weighted by atomic mass is 9.60. The van der Waals surface area contributed by atoms with Crippen LogP contribution in [-0.4, -0.2) is 11.8 Å². The Bertz CT molecular complexity index is 577. The maximum atomic E-state index is 12.4. The van der Waals surface area contributed by atoms with E-state index in [2.05, 4.69) is 19.2 Å². The molecule has 2 fully saturated rings. The molecule has 0 radical (unpaired) electrons. The molecule has 2 aliphatic rings. The van der Waals surface area contributed by atoms with Crippen LogP contribution >= 0.6 is 11.6 Å². The minimum atomic E-state index is -0.319. The molecule has 20 heavy (non-hydrogen) atoms. The van der Waals surface area contributed by atoms with Gasteiger partial charge in [0.05, 0.1) is 5.92 Å². The molecular formula is C16H18ClNO2. The zero-order valence-electron chi connectivity index (χ0n) is 11.7. The summed E-state index contributed by atoms with van der Waals surface area (Å²) in [6, 6.07) is 7.39. The number of carbonyl (C=O) groups is 2. The second kappa shape index (κ2) is 4.32. The average Bonchev–Trinajstić information content (AvgIpc) is 3.10. The molecule has 1 aliphatic heterocycles. The van der Waals surface area contributed by atoms with Gasteiger partial charge in [-0.15, -0.1) is 0 Å². The van der Waals surface area contributed by atoms with Crippen molar-refractivity contribution in [3.63, 3.8) is 0 Å². The zero-order valence-corrected chi connectivity index (χ0v) is 12.5. The highest BCUT2D eigenvalue weighted by atomic mass is 35.5. The summed E-state index contributed by atoms with van der Waals surface area (Å²) in [6.45, 7) is 4.26. The van der Waals surface area contributed by atoms with Crippen LogP contribution in [0.1, 0.15) is 44.6 Å². The number of hydrogen-bond acceptors (Lipinski definition) is 2. The Morgan fingerprint density at radius 2 is 1.75 bits per heavy atom.